The molecule has 1 saturated carbocycles. The average molecular weight is 363 g/mol. The molecule has 7 nitrogen and oxygen atoms in total. The van der Waals surface area contributed by atoms with E-state index >= 15 is 0 Å². The number of hydrogen-bond donors (Lipinski definition) is 1. The summed E-state index contributed by atoms with van der Waals surface area (Å²) in [6.45, 7) is 3.49. The molecule has 1 saturated heterocycles. The Morgan fingerprint density at radius 3 is 2.88 bits per heavy atom. The number of aromatic nitrogens is 3. The van der Waals surface area contributed by atoms with Crippen molar-refractivity contribution < 1.29 is 8.42 Å². The lowest BCUT2D eigenvalue weighted by Crippen LogP contribution is -2.46. The van der Waals surface area contributed by atoms with Crippen molar-refractivity contribution in [3.63, 3.8) is 0 Å². The first kappa shape index (κ1) is 16.8. The Morgan fingerprint density at radius 1 is 1.36 bits per heavy atom. The fraction of sp³-hybridized carbons (Fsp3) is 0.647. The molecule has 2 fully saturated rings. The minimum Gasteiger partial charge on any atom is -0.356 e. The molecule has 1 aliphatic carbocycles. The summed E-state index contributed by atoms with van der Waals surface area (Å²) in [5.41, 5.74) is 0.832. The Labute approximate surface area is 148 Å². The molecule has 3 heterocycles. The van der Waals surface area contributed by atoms with Crippen LogP contribution in [0.3, 0.4) is 0 Å². The summed E-state index contributed by atoms with van der Waals surface area (Å²) < 4.78 is 26.8. The highest BCUT2D eigenvalue weighted by atomic mass is 32.2. The number of nitrogens with zero attached hydrogens (tertiary/aromatic N) is 4. The number of rotatable bonds is 5. The first-order chi connectivity index (χ1) is 11.9. The van der Waals surface area contributed by atoms with Crippen LogP contribution in [0.25, 0.3) is 11.0 Å². The maximum Gasteiger partial charge on any atom is 0.214 e. The van der Waals surface area contributed by atoms with Crippen molar-refractivity contribution in [1.29, 1.82) is 0 Å². The van der Waals surface area contributed by atoms with Crippen molar-refractivity contribution in [3.05, 3.63) is 18.6 Å². The third-order valence-corrected chi connectivity index (χ3v) is 7.66. The molecule has 2 aromatic rings. The van der Waals surface area contributed by atoms with Crippen LogP contribution in [-0.2, 0) is 10.0 Å². The van der Waals surface area contributed by atoms with Crippen LogP contribution in [0.4, 0.5) is 5.82 Å². The molecule has 2 aromatic heterocycles. The number of nitrogens with one attached hydrogen (secondary N) is 1. The van der Waals surface area contributed by atoms with E-state index in [9.17, 15) is 8.42 Å². The van der Waals surface area contributed by atoms with Crippen LogP contribution in [0.15, 0.2) is 18.6 Å². The van der Waals surface area contributed by atoms with Crippen LogP contribution in [0.1, 0.15) is 26.2 Å². The van der Waals surface area contributed by atoms with E-state index in [1.165, 1.54) is 0 Å². The maximum atomic E-state index is 12.6. The van der Waals surface area contributed by atoms with Gasteiger partial charge in [-0.1, -0.05) is 6.92 Å². The summed E-state index contributed by atoms with van der Waals surface area (Å²) in [4.78, 5) is 13.9. The Bertz CT molecular complexity index is 859. The van der Waals surface area contributed by atoms with Crippen molar-refractivity contribution in [2.45, 2.75) is 32.2 Å². The van der Waals surface area contributed by atoms with Gasteiger partial charge in [0, 0.05) is 32.4 Å². The van der Waals surface area contributed by atoms with Crippen molar-refractivity contribution in [2.24, 2.45) is 11.8 Å². The molecule has 0 spiro atoms. The van der Waals surface area contributed by atoms with Crippen LogP contribution >= 0.6 is 0 Å². The molecule has 1 N–H and O–H groups in total. The largest absolute Gasteiger partial charge is 0.356 e. The molecule has 0 bridgehead atoms. The van der Waals surface area contributed by atoms with Gasteiger partial charge in [-0.25, -0.2) is 22.7 Å². The number of hydrogen-bond acceptors (Lipinski definition) is 5. The van der Waals surface area contributed by atoms with E-state index in [1.54, 1.807) is 10.6 Å². The maximum absolute atomic E-state index is 12.6. The standard InChI is InChI=1S/C17H25N5O2S/c1-12-4-6-22(9-12)25(23,24)10-13-7-14(8-13)21(2)17-15-3-5-18-16(15)19-11-20-17/h3,5,11-14H,4,6-10H2,1-2H3,(H,18,19,20)/t12-,13-,14+/m1/s1. The Kier molecular flexibility index (Phi) is 4.19. The summed E-state index contributed by atoms with van der Waals surface area (Å²) in [6.07, 6.45) is 6.21. The van der Waals surface area contributed by atoms with E-state index in [0.717, 1.165) is 36.1 Å². The molecule has 4 rings (SSSR count). The van der Waals surface area contributed by atoms with E-state index in [-0.39, 0.29) is 11.7 Å². The molecule has 0 unspecified atom stereocenters. The number of H-pyrrole nitrogens is 1. The summed E-state index contributed by atoms with van der Waals surface area (Å²) in [5, 5.41) is 1.01. The van der Waals surface area contributed by atoms with Crippen molar-refractivity contribution >= 4 is 26.9 Å². The Morgan fingerprint density at radius 2 is 2.16 bits per heavy atom. The fourth-order valence-corrected chi connectivity index (χ4v) is 5.96. The molecule has 1 aliphatic heterocycles. The van der Waals surface area contributed by atoms with Gasteiger partial charge in [-0.3, -0.25) is 0 Å². The van der Waals surface area contributed by atoms with Crippen LogP contribution in [0.5, 0.6) is 0 Å². The lowest BCUT2D eigenvalue weighted by Gasteiger charge is -2.42. The molecular formula is C17H25N5O2S. The number of fused-ring (bicyclic) bond motifs is 1. The van der Waals surface area contributed by atoms with E-state index < -0.39 is 10.0 Å². The van der Waals surface area contributed by atoms with Crippen LogP contribution in [0, 0.1) is 11.8 Å². The zero-order valence-electron chi connectivity index (χ0n) is 14.7. The predicted octanol–water partition coefficient (Wildman–Crippen LogP) is 1.84. The lowest BCUT2D eigenvalue weighted by atomic mass is 9.81. The normalized spacial score (nSPS) is 27.5. The Hall–Kier alpha value is -1.67. The molecular weight excluding hydrogens is 338 g/mol. The highest BCUT2D eigenvalue weighted by molar-refractivity contribution is 7.89. The van der Waals surface area contributed by atoms with Crippen molar-refractivity contribution in [3.8, 4) is 0 Å². The van der Waals surface area contributed by atoms with Crippen LogP contribution in [0.2, 0.25) is 0 Å². The summed E-state index contributed by atoms with van der Waals surface area (Å²) in [5.74, 6) is 1.92. The third kappa shape index (κ3) is 3.13. The molecule has 0 radical (unpaired) electrons. The van der Waals surface area contributed by atoms with Gasteiger partial charge >= 0.3 is 0 Å². The Balaban J connectivity index is 1.38. The molecule has 2 aliphatic rings. The zero-order valence-corrected chi connectivity index (χ0v) is 15.5. The van der Waals surface area contributed by atoms with Crippen LogP contribution < -0.4 is 4.90 Å². The first-order valence-electron chi connectivity index (χ1n) is 8.93. The average Bonchev–Trinajstić information content (AvgIpc) is 3.18. The predicted molar refractivity (Wildman–Crippen MR) is 97.9 cm³/mol. The van der Waals surface area contributed by atoms with Crippen molar-refractivity contribution in [2.75, 3.05) is 30.8 Å². The molecule has 1 atom stereocenters. The van der Waals surface area contributed by atoms with Gasteiger partial charge in [0.25, 0.3) is 0 Å². The second-order valence-electron chi connectivity index (χ2n) is 7.57. The SMILES string of the molecule is C[C@@H]1CCN(S(=O)(=O)C[C@H]2C[C@@H](N(C)c3ncnc4[nH]ccc34)C2)C1. The second-order valence-corrected chi connectivity index (χ2v) is 9.58. The van der Waals surface area contributed by atoms with Crippen LogP contribution in [-0.4, -0.2) is 59.6 Å². The zero-order chi connectivity index (χ0) is 17.6. The van der Waals surface area contributed by atoms with E-state index in [0.29, 0.717) is 25.0 Å². The van der Waals surface area contributed by atoms with Gasteiger partial charge in [0.1, 0.15) is 17.8 Å². The monoisotopic (exact) mass is 363 g/mol. The number of aromatic amines is 1. The highest BCUT2D eigenvalue weighted by Crippen LogP contribution is 2.36. The minimum atomic E-state index is -3.11. The molecule has 0 aromatic carbocycles. The quantitative estimate of drug-likeness (QED) is 0.877. The molecule has 0 amide bonds. The molecule has 136 valence electrons. The van der Waals surface area contributed by atoms with Gasteiger partial charge in [0.15, 0.2) is 0 Å². The molecule has 8 heteroatoms. The first-order valence-corrected chi connectivity index (χ1v) is 10.5. The lowest BCUT2D eigenvalue weighted by molar-refractivity contribution is 0.278. The summed E-state index contributed by atoms with van der Waals surface area (Å²) >= 11 is 0. The topological polar surface area (TPSA) is 82.2 Å². The number of anilines is 1. The van der Waals surface area contributed by atoms with Gasteiger partial charge in [-0.2, -0.15) is 0 Å². The second kappa shape index (κ2) is 6.25. The minimum absolute atomic E-state index is 0.247. The van der Waals surface area contributed by atoms with Gasteiger partial charge in [-0.05, 0) is 37.2 Å². The van der Waals surface area contributed by atoms with Gasteiger partial charge in [0.05, 0.1) is 11.1 Å². The third-order valence-electron chi connectivity index (χ3n) is 5.65. The van der Waals surface area contributed by atoms with E-state index in [4.69, 9.17) is 0 Å². The van der Waals surface area contributed by atoms with Gasteiger partial charge in [0.2, 0.25) is 10.0 Å². The van der Waals surface area contributed by atoms with Gasteiger partial charge in [-0.15, -0.1) is 0 Å². The highest BCUT2D eigenvalue weighted by Gasteiger charge is 2.38. The van der Waals surface area contributed by atoms with E-state index in [2.05, 4.69) is 26.8 Å². The smallest absolute Gasteiger partial charge is 0.214 e. The van der Waals surface area contributed by atoms with E-state index in [1.807, 2.05) is 19.3 Å². The number of sulfonamides is 1. The fourth-order valence-electron chi connectivity index (χ4n) is 4.02. The van der Waals surface area contributed by atoms with Gasteiger partial charge < -0.3 is 9.88 Å². The van der Waals surface area contributed by atoms with Crippen molar-refractivity contribution in [1.82, 2.24) is 19.3 Å². The molecule has 25 heavy (non-hydrogen) atoms. The summed E-state index contributed by atoms with van der Waals surface area (Å²) in [7, 11) is -1.07. The summed E-state index contributed by atoms with van der Waals surface area (Å²) in [6, 6.07) is 2.32.